The molecule has 38 heavy (non-hydrogen) atoms. The van der Waals surface area contributed by atoms with Crippen LogP contribution < -0.4 is 10.6 Å². The van der Waals surface area contributed by atoms with Gasteiger partial charge >= 0.3 is 6.03 Å². The number of fused-ring (bicyclic) bond motifs is 1. The highest BCUT2D eigenvalue weighted by Gasteiger charge is 2.16. The lowest BCUT2D eigenvalue weighted by atomic mass is 9.97. The van der Waals surface area contributed by atoms with Crippen LogP contribution in [0.15, 0.2) is 66.7 Å². The first-order valence-corrected chi connectivity index (χ1v) is 14.0. The molecule has 0 bridgehead atoms. The molecule has 1 aliphatic heterocycles. The molecule has 0 saturated carbocycles. The smallest absolute Gasteiger partial charge is 0.317 e. The number of nitrogens with zero attached hydrogens (tertiary/aromatic N) is 2. The van der Waals surface area contributed by atoms with E-state index < -0.39 is 0 Å². The van der Waals surface area contributed by atoms with E-state index >= 15 is 0 Å². The van der Waals surface area contributed by atoms with Crippen molar-refractivity contribution in [3.05, 3.63) is 83.4 Å². The number of hydrogen-bond acceptors (Lipinski definition) is 4. The fourth-order valence-electron chi connectivity index (χ4n) is 4.86. The maximum atomic E-state index is 13.4. The molecule has 0 aromatic heterocycles. The molecule has 2 N–H and O–H groups in total. The highest BCUT2D eigenvalue weighted by Crippen LogP contribution is 2.18. The number of urea groups is 1. The number of ether oxygens (including phenoxy) is 1. The van der Waals surface area contributed by atoms with Crippen molar-refractivity contribution in [2.24, 2.45) is 5.41 Å². The summed E-state index contributed by atoms with van der Waals surface area (Å²) in [7, 11) is 0. The molecule has 4 rings (SSSR count). The van der Waals surface area contributed by atoms with Crippen LogP contribution in [-0.4, -0.2) is 61.8 Å². The molecule has 3 aromatic carbocycles. The molecule has 1 aliphatic rings. The fraction of sp³-hybridized carbons (Fsp3) is 0.469. The van der Waals surface area contributed by atoms with Crippen LogP contribution in [0.4, 0.5) is 4.79 Å². The van der Waals surface area contributed by atoms with Crippen molar-refractivity contribution in [2.45, 2.75) is 46.8 Å². The lowest BCUT2D eigenvalue weighted by Gasteiger charge is -2.28. The quantitative estimate of drug-likeness (QED) is 0.358. The van der Waals surface area contributed by atoms with Gasteiger partial charge in [0.15, 0.2) is 0 Å². The summed E-state index contributed by atoms with van der Waals surface area (Å²) in [4.78, 5) is 17.8. The molecule has 0 atom stereocenters. The van der Waals surface area contributed by atoms with Crippen LogP contribution in [0.1, 0.15) is 43.9 Å². The topological polar surface area (TPSA) is 56.8 Å². The standard InChI is InChI=1S/C32H44N4O2/c1-32(2,3)25-33-22-26-12-14-27(15-13-26)24-36(17-7-16-35-18-20-38-21-19-35)31(37)34-23-29-10-6-9-28-8-4-5-11-30(28)29/h4-6,8-15,33H,7,16-25H2,1-3H3,(H,34,37). The number of amides is 2. The summed E-state index contributed by atoms with van der Waals surface area (Å²) in [6.07, 6.45) is 0.941. The Bertz CT molecular complexity index is 1140. The summed E-state index contributed by atoms with van der Waals surface area (Å²) in [6.45, 7) is 14.9. The first-order valence-electron chi connectivity index (χ1n) is 14.0. The second kappa shape index (κ2) is 13.7. The Morgan fingerprint density at radius 2 is 1.63 bits per heavy atom. The van der Waals surface area contributed by atoms with Crippen LogP contribution in [0.5, 0.6) is 0 Å². The summed E-state index contributed by atoms with van der Waals surface area (Å²) in [5, 5.41) is 9.11. The zero-order valence-electron chi connectivity index (χ0n) is 23.3. The van der Waals surface area contributed by atoms with Gasteiger partial charge in [-0.3, -0.25) is 4.90 Å². The predicted octanol–water partition coefficient (Wildman–Crippen LogP) is 5.41. The summed E-state index contributed by atoms with van der Waals surface area (Å²) < 4.78 is 5.48. The van der Waals surface area contributed by atoms with Crippen LogP contribution in [0, 0.1) is 5.41 Å². The van der Waals surface area contributed by atoms with E-state index in [1.165, 1.54) is 16.3 Å². The van der Waals surface area contributed by atoms with Crippen molar-refractivity contribution < 1.29 is 9.53 Å². The minimum absolute atomic E-state index is 0.0177. The number of carbonyl (C=O) groups excluding carboxylic acids is 1. The maximum Gasteiger partial charge on any atom is 0.317 e. The van der Waals surface area contributed by atoms with Gasteiger partial charge in [-0.2, -0.15) is 0 Å². The molecule has 0 spiro atoms. The van der Waals surface area contributed by atoms with Crippen molar-refractivity contribution in [2.75, 3.05) is 45.9 Å². The molecular formula is C32H44N4O2. The van der Waals surface area contributed by atoms with Gasteiger partial charge in [-0.25, -0.2) is 4.79 Å². The average Bonchev–Trinajstić information content (AvgIpc) is 2.92. The number of nitrogens with one attached hydrogen (secondary N) is 2. The maximum absolute atomic E-state index is 13.4. The van der Waals surface area contributed by atoms with Gasteiger partial charge in [0, 0.05) is 52.4 Å². The van der Waals surface area contributed by atoms with Gasteiger partial charge in [0.05, 0.1) is 13.2 Å². The molecule has 1 saturated heterocycles. The van der Waals surface area contributed by atoms with Crippen LogP contribution in [0.25, 0.3) is 10.8 Å². The van der Waals surface area contributed by atoms with E-state index in [1.807, 2.05) is 17.0 Å². The van der Waals surface area contributed by atoms with E-state index in [9.17, 15) is 4.79 Å². The summed E-state index contributed by atoms with van der Waals surface area (Å²) >= 11 is 0. The van der Waals surface area contributed by atoms with E-state index in [2.05, 4.69) is 90.9 Å². The van der Waals surface area contributed by atoms with Crippen molar-refractivity contribution in [3.63, 3.8) is 0 Å². The number of carbonyl (C=O) groups is 1. The van der Waals surface area contributed by atoms with Crippen molar-refractivity contribution in [1.82, 2.24) is 20.4 Å². The second-order valence-corrected chi connectivity index (χ2v) is 11.5. The van der Waals surface area contributed by atoms with Gasteiger partial charge in [-0.15, -0.1) is 0 Å². The molecule has 1 heterocycles. The van der Waals surface area contributed by atoms with Crippen molar-refractivity contribution in [3.8, 4) is 0 Å². The molecular weight excluding hydrogens is 472 g/mol. The van der Waals surface area contributed by atoms with Crippen LogP contribution in [0.3, 0.4) is 0 Å². The Balaban J connectivity index is 1.37. The molecule has 0 radical (unpaired) electrons. The molecule has 3 aromatic rings. The van der Waals surface area contributed by atoms with Gasteiger partial charge in [-0.1, -0.05) is 87.5 Å². The number of morpholine rings is 1. The van der Waals surface area contributed by atoms with Crippen LogP contribution >= 0.6 is 0 Å². The summed E-state index contributed by atoms with van der Waals surface area (Å²) in [5.41, 5.74) is 3.81. The first kappa shape index (κ1) is 28.1. The van der Waals surface area contributed by atoms with Gasteiger partial charge in [0.2, 0.25) is 0 Å². The number of hydrogen-bond donors (Lipinski definition) is 2. The molecule has 204 valence electrons. The Kier molecular flexibility index (Phi) is 10.2. The Morgan fingerprint density at radius 1 is 0.921 bits per heavy atom. The largest absolute Gasteiger partial charge is 0.379 e. The van der Waals surface area contributed by atoms with Gasteiger partial charge in [-0.05, 0) is 39.3 Å². The van der Waals surface area contributed by atoms with E-state index in [-0.39, 0.29) is 11.4 Å². The van der Waals surface area contributed by atoms with Crippen molar-refractivity contribution in [1.29, 1.82) is 0 Å². The number of rotatable bonds is 11. The normalized spacial score (nSPS) is 14.5. The molecule has 0 aliphatic carbocycles. The van der Waals surface area contributed by atoms with E-state index in [0.29, 0.717) is 19.6 Å². The van der Waals surface area contributed by atoms with E-state index in [4.69, 9.17) is 4.74 Å². The summed E-state index contributed by atoms with van der Waals surface area (Å²) in [5.74, 6) is 0. The lowest BCUT2D eigenvalue weighted by molar-refractivity contribution is 0.0364. The van der Waals surface area contributed by atoms with Crippen LogP contribution in [0.2, 0.25) is 0 Å². The Labute approximate surface area is 228 Å². The minimum atomic E-state index is -0.0177. The van der Waals surface area contributed by atoms with Crippen molar-refractivity contribution >= 4 is 16.8 Å². The molecule has 6 nitrogen and oxygen atoms in total. The van der Waals surface area contributed by atoms with Crippen LogP contribution in [-0.2, 0) is 24.4 Å². The Morgan fingerprint density at radius 3 is 2.39 bits per heavy atom. The Hall–Kier alpha value is -2.93. The SMILES string of the molecule is CC(C)(C)CNCc1ccc(CN(CCCN2CCOCC2)C(=O)NCc2cccc3ccccc23)cc1. The van der Waals surface area contributed by atoms with E-state index in [1.54, 1.807) is 0 Å². The molecule has 1 fully saturated rings. The third-order valence-electron chi connectivity index (χ3n) is 6.98. The first-order chi connectivity index (χ1) is 18.4. The zero-order valence-corrected chi connectivity index (χ0v) is 23.3. The molecule has 2 amide bonds. The molecule has 6 heteroatoms. The number of benzene rings is 3. The average molecular weight is 517 g/mol. The second-order valence-electron chi connectivity index (χ2n) is 11.5. The third kappa shape index (κ3) is 8.83. The third-order valence-corrected chi connectivity index (χ3v) is 6.98. The van der Waals surface area contributed by atoms with Gasteiger partial charge < -0.3 is 20.3 Å². The highest BCUT2D eigenvalue weighted by atomic mass is 16.5. The predicted molar refractivity (Wildman–Crippen MR) is 156 cm³/mol. The minimum Gasteiger partial charge on any atom is -0.379 e. The summed E-state index contributed by atoms with van der Waals surface area (Å²) in [6, 6.07) is 23.2. The zero-order chi connectivity index (χ0) is 26.8. The van der Waals surface area contributed by atoms with Gasteiger partial charge in [0.25, 0.3) is 0 Å². The lowest BCUT2D eigenvalue weighted by Crippen LogP contribution is -2.42. The monoisotopic (exact) mass is 516 g/mol. The molecule has 0 unspecified atom stereocenters. The highest BCUT2D eigenvalue weighted by molar-refractivity contribution is 5.86. The fourth-order valence-corrected chi connectivity index (χ4v) is 4.86. The van der Waals surface area contributed by atoms with E-state index in [0.717, 1.165) is 63.5 Å². The van der Waals surface area contributed by atoms with Gasteiger partial charge in [0.1, 0.15) is 0 Å².